The lowest BCUT2D eigenvalue weighted by Gasteiger charge is -2.25. The Morgan fingerprint density at radius 3 is 2.43 bits per heavy atom. The Morgan fingerprint density at radius 1 is 1.25 bits per heavy atom. The summed E-state index contributed by atoms with van der Waals surface area (Å²) in [5.41, 5.74) is 1.11. The molecule has 2 N–H and O–H groups in total. The molecule has 1 aromatic heterocycles. The van der Waals surface area contributed by atoms with E-state index >= 15 is 0 Å². The number of nitrogens with one attached hydrogen (secondary N) is 2. The molecule has 2 aromatic rings. The van der Waals surface area contributed by atoms with Gasteiger partial charge in [-0.2, -0.15) is 5.10 Å². The molecule has 0 radical (unpaired) electrons. The van der Waals surface area contributed by atoms with Crippen LogP contribution in [0, 0.1) is 19.7 Å². The fourth-order valence-corrected chi connectivity index (χ4v) is 3.42. The molecule has 3 rings (SSSR count). The second-order valence-corrected chi connectivity index (χ2v) is 6.80. The van der Waals surface area contributed by atoms with E-state index in [1.165, 1.54) is 24.3 Å². The standard InChI is InChI=1S/C19H22FN5O3/c1-5-19(13-6-8-14(20)9-7-13)17(27)25(18(28)22-19)10-15(26)21-16-11(2)23-24(4)12(16)3/h6-9H,5,10H2,1-4H3,(H,21,26)(H,22,28). The molecular weight excluding hydrogens is 365 g/mol. The Bertz CT molecular complexity index is 953. The van der Waals surface area contributed by atoms with Gasteiger partial charge in [-0.1, -0.05) is 19.1 Å². The third-order valence-electron chi connectivity index (χ3n) is 5.12. The van der Waals surface area contributed by atoms with Gasteiger partial charge in [0.05, 0.1) is 17.1 Å². The van der Waals surface area contributed by atoms with Gasteiger partial charge in [0.25, 0.3) is 5.91 Å². The smallest absolute Gasteiger partial charge is 0.321 e. The van der Waals surface area contributed by atoms with E-state index in [9.17, 15) is 18.8 Å². The molecule has 1 aliphatic rings. The molecule has 1 aliphatic heterocycles. The summed E-state index contributed by atoms with van der Waals surface area (Å²) < 4.78 is 14.9. The van der Waals surface area contributed by atoms with Crippen LogP contribution >= 0.6 is 0 Å². The molecule has 1 saturated heterocycles. The summed E-state index contributed by atoms with van der Waals surface area (Å²) in [6.07, 6.45) is 0.266. The number of carbonyl (C=O) groups excluding carboxylic acids is 3. The third-order valence-corrected chi connectivity index (χ3v) is 5.12. The summed E-state index contributed by atoms with van der Waals surface area (Å²) in [6, 6.07) is 4.72. The Hall–Kier alpha value is -3.23. The number of halogens is 1. The van der Waals surface area contributed by atoms with Crippen molar-refractivity contribution in [1.29, 1.82) is 0 Å². The zero-order valence-electron chi connectivity index (χ0n) is 16.2. The number of hydrogen-bond donors (Lipinski definition) is 2. The Balaban J connectivity index is 1.81. The van der Waals surface area contributed by atoms with Gasteiger partial charge in [-0.25, -0.2) is 9.18 Å². The molecule has 0 bridgehead atoms. The van der Waals surface area contributed by atoms with E-state index in [2.05, 4.69) is 15.7 Å². The van der Waals surface area contributed by atoms with Crippen molar-refractivity contribution in [2.45, 2.75) is 32.7 Å². The molecule has 4 amide bonds. The summed E-state index contributed by atoms with van der Waals surface area (Å²) in [7, 11) is 1.76. The van der Waals surface area contributed by atoms with Crippen LogP contribution in [0.2, 0.25) is 0 Å². The van der Waals surface area contributed by atoms with Crippen molar-refractivity contribution >= 4 is 23.5 Å². The number of hydrogen-bond acceptors (Lipinski definition) is 4. The van der Waals surface area contributed by atoms with E-state index in [1.807, 2.05) is 0 Å². The second kappa shape index (κ2) is 7.06. The number of aryl methyl sites for hydroxylation is 2. The molecule has 28 heavy (non-hydrogen) atoms. The normalized spacial score (nSPS) is 19.1. The zero-order chi connectivity index (χ0) is 20.6. The fourth-order valence-electron chi connectivity index (χ4n) is 3.42. The first-order valence-electron chi connectivity index (χ1n) is 8.89. The molecule has 1 fully saturated rings. The zero-order valence-corrected chi connectivity index (χ0v) is 16.2. The number of nitrogens with zero attached hydrogens (tertiary/aromatic N) is 3. The predicted molar refractivity (Wildman–Crippen MR) is 99.9 cm³/mol. The van der Waals surface area contributed by atoms with Crippen LogP contribution < -0.4 is 10.6 Å². The Morgan fingerprint density at radius 2 is 1.89 bits per heavy atom. The molecule has 0 aliphatic carbocycles. The highest BCUT2D eigenvalue weighted by Gasteiger charge is 2.51. The van der Waals surface area contributed by atoms with Gasteiger partial charge < -0.3 is 10.6 Å². The number of anilines is 1. The Kier molecular flexibility index (Phi) is 4.93. The van der Waals surface area contributed by atoms with Crippen molar-refractivity contribution in [1.82, 2.24) is 20.0 Å². The number of aromatic nitrogens is 2. The van der Waals surface area contributed by atoms with Gasteiger partial charge >= 0.3 is 6.03 Å². The average molecular weight is 387 g/mol. The summed E-state index contributed by atoms with van der Waals surface area (Å²) >= 11 is 0. The van der Waals surface area contributed by atoms with Crippen molar-refractivity contribution in [2.75, 3.05) is 11.9 Å². The summed E-state index contributed by atoms with van der Waals surface area (Å²) in [5, 5.41) is 9.60. The van der Waals surface area contributed by atoms with Crippen LogP contribution in [-0.4, -0.2) is 39.1 Å². The van der Waals surface area contributed by atoms with Crippen molar-refractivity contribution in [2.24, 2.45) is 7.05 Å². The highest BCUT2D eigenvalue weighted by atomic mass is 19.1. The molecule has 1 aromatic carbocycles. The summed E-state index contributed by atoms with van der Waals surface area (Å²) in [5.74, 6) is -1.49. The molecule has 148 valence electrons. The van der Waals surface area contributed by atoms with Crippen LogP contribution in [0.25, 0.3) is 0 Å². The highest BCUT2D eigenvalue weighted by Crippen LogP contribution is 2.32. The highest BCUT2D eigenvalue weighted by molar-refractivity contribution is 6.10. The lowest BCUT2D eigenvalue weighted by atomic mass is 9.87. The van der Waals surface area contributed by atoms with E-state index in [-0.39, 0.29) is 6.42 Å². The van der Waals surface area contributed by atoms with E-state index in [4.69, 9.17) is 0 Å². The number of amides is 4. The van der Waals surface area contributed by atoms with Gasteiger partial charge in [0.1, 0.15) is 17.9 Å². The van der Waals surface area contributed by atoms with Gasteiger partial charge in [0.2, 0.25) is 5.91 Å². The van der Waals surface area contributed by atoms with Crippen LogP contribution in [0.5, 0.6) is 0 Å². The molecule has 9 heteroatoms. The van der Waals surface area contributed by atoms with Crippen molar-refractivity contribution in [3.05, 3.63) is 47.0 Å². The minimum atomic E-state index is -1.31. The van der Waals surface area contributed by atoms with Crippen molar-refractivity contribution in [3.63, 3.8) is 0 Å². The van der Waals surface area contributed by atoms with Gasteiger partial charge in [-0.05, 0) is 38.0 Å². The van der Waals surface area contributed by atoms with Gasteiger partial charge in [0, 0.05) is 7.05 Å². The van der Waals surface area contributed by atoms with Gasteiger partial charge in [-0.3, -0.25) is 19.2 Å². The molecule has 2 heterocycles. The van der Waals surface area contributed by atoms with E-state index in [0.29, 0.717) is 16.9 Å². The Labute approximate surface area is 161 Å². The molecule has 8 nitrogen and oxygen atoms in total. The lowest BCUT2D eigenvalue weighted by molar-refractivity contribution is -0.134. The maximum atomic E-state index is 13.3. The first-order chi connectivity index (χ1) is 13.2. The lowest BCUT2D eigenvalue weighted by Crippen LogP contribution is -2.44. The van der Waals surface area contributed by atoms with E-state index in [1.54, 1.807) is 32.5 Å². The molecule has 0 saturated carbocycles. The number of carbonyl (C=O) groups is 3. The van der Waals surface area contributed by atoms with Crippen LogP contribution in [0.1, 0.15) is 30.3 Å². The number of benzene rings is 1. The van der Waals surface area contributed by atoms with Crippen LogP contribution in [-0.2, 0) is 22.2 Å². The van der Waals surface area contributed by atoms with E-state index in [0.717, 1.165) is 10.6 Å². The number of urea groups is 1. The SMILES string of the molecule is CCC1(c2ccc(F)cc2)NC(=O)N(CC(=O)Nc2c(C)nn(C)c2C)C1=O. The molecule has 1 atom stereocenters. The van der Waals surface area contributed by atoms with Gasteiger partial charge in [0.15, 0.2) is 0 Å². The van der Waals surface area contributed by atoms with Crippen LogP contribution in [0.15, 0.2) is 24.3 Å². The number of rotatable bonds is 5. The van der Waals surface area contributed by atoms with Crippen molar-refractivity contribution < 1.29 is 18.8 Å². The minimum Gasteiger partial charge on any atom is -0.321 e. The topological polar surface area (TPSA) is 96.3 Å². The minimum absolute atomic E-state index is 0.266. The number of imide groups is 1. The largest absolute Gasteiger partial charge is 0.325 e. The quantitative estimate of drug-likeness (QED) is 0.767. The second-order valence-electron chi connectivity index (χ2n) is 6.80. The van der Waals surface area contributed by atoms with Crippen LogP contribution in [0.4, 0.5) is 14.9 Å². The maximum absolute atomic E-state index is 13.3. The fraction of sp³-hybridized carbons (Fsp3) is 0.368. The summed E-state index contributed by atoms with van der Waals surface area (Å²) in [4.78, 5) is 38.8. The monoisotopic (exact) mass is 387 g/mol. The average Bonchev–Trinajstić information content (AvgIpc) is 3.04. The summed E-state index contributed by atoms with van der Waals surface area (Å²) in [6.45, 7) is 4.88. The molecule has 1 unspecified atom stereocenters. The van der Waals surface area contributed by atoms with E-state index < -0.39 is 35.7 Å². The predicted octanol–water partition coefficient (Wildman–Crippen LogP) is 1.97. The van der Waals surface area contributed by atoms with Crippen LogP contribution in [0.3, 0.4) is 0 Å². The van der Waals surface area contributed by atoms with Gasteiger partial charge in [-0.15, -0.1) is 0 Å². The first-order valence-corrected chi connectivity index (χ1v) is 8.89. The molecule has 0 spiro atoms. The molecular formula is C19H22FN5O3. The van der Waals surface area contributed by atoms with Crippen molar-refractivity contribution in [3.8, 4) is 0 Å². The first kappa shape index (κ1) is 19.5. The maximum Gasteiger partial charge on any atom is 0.325 e. The third kappa shape index (κ3) is 3.12.